The summed E-state index contributed by atoms with van der Waals surface area (Å²) in [6.45, 7) is 2.00. The molecule has 1 fully saturated rings. The summed E-state index contributed by atoms with van der Waals surface area (Å²) in [7, 11) is 0. The second kappa shape index (κ2) is 7.23. The maximum Gasteiger partial charge on any atom is 0.511 e. The molecule has 7 heteroatoms. The standard InChI is InChI=1S/C7H5NO5.C4H8O/c9-7(10)13-6-3-1-5(2-4-6)8(11)12;1-2-4-5-3-1/h1-4H,(H,9,10);1-4H2. The van der Waals surface area contributed by atoms with E-state index in [1.54, 1.807) is 0 Å². The van der Waals surface area contributed by atoms with Crippen LogP contribution in [0.2, 0.25) is 0 Å². The summed E-state index contributed by atoms with van der Waals surface area (Å²) in [5.74, 6) is 0.0538. The van der Waals surface area contributed by atoms with Crippen molar-refractivity contribution in [3.8, 4) is 5.75 Å². The highest BCUT2D eigenvalue weighted by atomic mass is 16.7. The van der Waals surface area contributed by atoms with E-state index in [1.165, 1.54) is 25.0 Å². The van der Waals surface area contributed by atoms with Crippen molar-refractivity contribution in [1.82, 2.24) is 0 Å². The molecule has 1 aromatic carbocycles. The largest absolute Gasteiger partial charge is 0.511 e. The first-order valence-corrected chi connectivity index (χ1v) is 5.32. The van der Waals surface area contributed by atoms with Crippen LogP contribution in [0.3, 0.4) is 0 Å². The van der Waals surface area contributed by atoms with Crippen LogP contribution in [0.1, 0.15) is 12.8 Å². The highest BCUT2D eigenvalue weighted by Crippen LogP contribution is 2.17. The summed E-state index contributed by atoms with van der Waals surface area (Å²) in [5.41, 5.74) is -0.113. The van der Waals surface area contributed by atoms with E-state index in [1.807, 2.05) is 0 Å². The molecule has 1 saturated heterocycles. The minimum absolute atomic E-state index is 0.0538. The molecule has 0 amide bonds. The van der Waals surface area contributed by atoms with Crippen LogP contribution in [0.5, 0.6) is 5.75 Å². The van der Waals surface area contributed by atoms with Crippen molar-refractivity contribution in [2.24, 2.45) is 0 Å². The first-order chi connectivity index (χ1) is 8.59. The summed E-state index contributed by atoms with van der Waals surface area (Å²) in [5, 5.41) is 18.4. The summed E-state index contributed by atoms with van der Waals surface area (Å²) >= 11 is 0. The van der Waals surface area contributed by atoms with E-state index >= 15 is 0 Å². The number of ether oxygens (including phenoxy) is 2. The van der Waals surface area contributed by atoms with E-state index in [9.17, 15) is 14.9 Å². The topological polar surface area (TPSA) is 98.9 Å². The molecule has 0 saturated carbocycles. The number of nitrogens with zero attached hydrogens (tertiary/aromatic N) is 1. The highest BCUT2D eigenvalue weighted by Gasteiger charge is 2.05. The molecule has 18 heavy (non-hydrogen) atoms. The van der Waals surface area contributed by atoms with Crippen molar-refractivity contribution in [3.63, 3.8) is 0 Å². The fourth-order valence-electron chi connectivity index (χ4n) is 1.25. The van der Waals surface area contributed by atoms with Crippen molar-refractivity contribution in [2.75, 3.05) is 13.2 Å². The molecule has 0 radical (unpaired) electrons. The number of nitro benzene ring substituents is 1. The molecule has 0 atom stereocenters. The summed E-state index contributed by atoms with van der Waals surface area (Å²) in [6, 6.07) is 4.76. The average molecular weight is 255 g/mol. The molecule has 1 aliphatic heterocycles. The normalized spacial score (nSPS) is 13.3. The Morgan fingerprint density at radius 3 is 2.17 bits per heavy atom. The molecule has 0 spiro atoms. The van der Waals surface area contributed by atoms with Gasteiger partial charge in [0.1, 0.15) is 5.75 Å². The van der Waals surface area contributed by atoms with Crippen LogP contribution in [-0.2, 0) is 4.74 Å². The Kier molecular flexibility index (Phi) is 5.59. The van der Waals surface area contributed by atoms with Crippen LogP contribution >= 0.6 is 0 Å². The third-order valence-electron chi connectivity index (χ3n) is 2.08. The molecular formula is C11H13NO6. The molecule has 0 unspecified atom stereocenters. The molecule has 1 N–H and O–H groups in total. The van der Waals surface area contributed by atoms with Gasteiger partial charge >= 0.3 is 6.16 Å². The average Bonchev–Trinajstić information content (AvgIpc) is 2.87. The van der Waals surface area contributed by atoms with Crippen LogP contribution in [0.25, 0.3) is 0 Å². The molecular weight excluding hydrogens is 242 g/mol. The lowest BCUT2D eigenvalue weighted by molar-refractivity contribution is -0.384. The predicted molar refractivity (Wildman–Crippen MR) is 61.8 cm³/mol. The van der Waals surface area contributed by atoms with Crippen molar-refractivity contribution < 1.29 is 24.3 Å². The van der Waals surface area contributed by atoms with E-state index in [0.29, 0.717) is 0 Å². The molecule has 7 nitrogen and oxygen atoms in total. The van der Waals surface area contributed by atoms with Gasteiger partial charge in [0.05, 0.1) is 4.92 Å². The van der Waals surface area contributed by atoms with Crippen LogP contribution in [0.4, 0.5) is 10.5 Å². The second-order valence-electron chi connectivity index (χ2n) is 3.44. The SMILES string of the molecule is C1CCOC1.O=C(O)Oc1ccc([N+](=O)[O-])cc1. The Bertz CT molecular complexity index is 391. The van der Waals surface area contributed by atoms with Gasteiger partial charge in [0.2, 0.25) is 0 Å². The Hall–Kier alpha value is -2.15. The van der Waals surface area contributed by atoms with E-state index in [2.05, 4.69) is 4.74 Å². The number of hydrogen-bond donors (Lipinski definition) is 1. The van der Waals surface area contributed by atoms with Crippen LogP contribution in [0, 0.1) is 10.1 Å². The number of nitro groups is 1. The van der Waals surface area contributed by atoms with Gasteiger partial charge in [-0.05, 0) is 25.0 Å². The molecule has 0 aromatic heterocycles. The first kappa shape index (κ1) is 13.9. The number of carbonyl (C=O) groups is 1. The van der Waals surface area contributed by atoms with E-state index in [0.717, 1.165) is 25.3 Å². The number of benzene rings is 1. The Morgan fingerprint density at radius 1 is 1.28 bits per heavy atom. The molecule has 1 heterocycles. The molecule has 98 valence electrons. The number of non-ortho nitro benzene ring substituents is 1. The van der Waals surface area contributed by atoms with Crippen molar-refractivity contribution in [1.29, 1.82) is 0 Å². The maximum atomic E-state index is 10.2. The molecule has 0 aliphatic carbocycles. The Labute approximate surface area is 103 Å². The summed E-state index contributed by atoms with van der Waals surface area (Å²) in [6.07, 6.45) is 1.11. The molecule has 1 aromatic rings. The fourth-order valence-corrected chi connectivity index (χ4v) is 1.25. The highest BCUT2D eigenvalue weighted by molar-refractivity contribution is 5.61. The Balaban J connectivity index is 0.000000269. The quantitative estimate of drug-likeness (QED) is 0.377. The number of rotatable bonds is 2. The zero-order valence-corrected chi connectivity index (χ0v) is 9.57. The Morgan fingerprint density at radius 2 is 1.83 bits per heavy atom. The number of hydrogen-bond acceptors (Lipinski definition) is 5. The van der Waals surface area contributed by atoms with Gasteiger partial charge < -0.3 is 14.6 Å². The smallest absolute Gasteiger partial charge is 0.449 e. The summed E-state index contributed by atoms with van der Waals surface area (Å²) in [4.78, 5) is 19.6. The van der Waals surface area contributed by atoms with E-state index in [4.69, 9.17) is 9.84 Å². The molecule has 0 bridgehead atoms. The third-order valence-corrected chi connectivity index (χ3v) is 2.08. The first-order valence-electron chi connectivity index (χ1n) is 5.32. The van der Waals surface area contributed by atoms with Gasteiger partial charge in [-0.15, -0.1) is 0 Å². The lowest BCUT2D eigenvalue weighted by Gasteiger charge is -1.97. The van der Waals surface area contributed by atoms with Crippen molar-refractivity contribution in [3.05, 3.63) is 34.4 Å². The minimum Gasteiger partial charge on any atom is -0.449 e. The van der Waals surface area contributed by atoms with Crippen LogP contribution in [0.15, 0.2) is 24.3 Å². The van der Waals surface area contributed by atoms with Gasteiger partial charge in [-0.3, -0.25) is 10.1 Å². The lowest BCUT2D eigenvalue weighted by Crippen LogP contribution is -2.02. The van der Waals surface area contributed by atoms with E-state index < -0.39 is 11.1 Å². The maximum absolute atomic E-state index is 10.2. The lowest BCUT2D eigenvalue weighted by atomic mass is 10.3. The zero-order chi connectivity index (χ0) is 13.4. The van der Waals surface area contributed by atoms with Gasteiger partial charge in [-0.2, -0.15) is 0 Å². The fraction of sp³-hybridized carbons (Fsp3) is 0.364. The minimum atomic E-state index is -1.45. The van der Waals surface area contributed by atoms with Crippen LogP contribution in [-0.4, -0.2) is 29.4 Å². The van der Waals surface area contributed by atoms with Crippen LogP contribution < -0.4 is 4.74 Å². The van der Waals surface area contributed by atoms with Gasteiger partial charge in [0.15, 0.2) is 0 Å². The van der Waals surface area contributed by atoms with Crippen molar-refractivity contribution >= 4 is 11.8 Å². The zero-order valence-electron chi connectivity index (χ0n) is 9.57. The summed E-state index contributed by atoms with van der Waals surface area (Å²) < 4.78 is 9.19. The van der Waals surface area contributed by atoms with Crippen molar-refractivity contribution in [2.45, 2.75) is 12.8 Å². The molecule has 2 rings (SSSR count). The monoisotopic (exact) mass is 255 g/mol. The van der Waals surface area contributed by atoms with Gasteiger partial charge in [0, 0.05) is 25.3 Å². The van der Waals surface area contributed by atoms with Gasteiger partial charge in [-0.25, -0.2) is 4.79 Å². The van der Waals surface area contributed by atoms with Gasteiger partial charge in [-0.1, -0.05) is 0 Å². The number of carboxylic acid groups (broad SMARTS) is 1. The van der Waals surface area contributed by atoms with Gasteiger partial charge in [0.25, 0.3) is 5.69 Å². The molecule has 1 aliphatic rings. The van der Waals surface area contributed by atoms with E-state index in [-0.39, 0.29) is 11.4 Å². The third kappa shape index (κ3) is 5.26. The second-order valence-corrected chi connectivity index (χ2v) is 3.44. The predicted octanol–water partition coefficient (Wildman–Crippen LogP) is 2.45.